The number of amides is 2. The van der Waals surface area contributed by atoms with Gasteiger partial charge < -0.3 is 4.74 Å². The van der Waals surface area contributed by atoms with Gasteiger partial charge in [-0.05, 0) is 18.6 Å². The van der Waals surface area contributed by atoms with Gasteiger partial charge in [0, 0.05) is 6.42 Å². The van der Waals surface area contributed by atoms with Crippen LogP contribution in [0.3, 0.4) is 0 Å². The highest BCUT2D eigenvalue weighted by molar-refractivity contribution is 7.92. The van der Waals surface area contributed by atoms with Crippen LogP contribution in [0.4, 0.5) is 0 Å². The van der Waals surface area contributed by atoms with E-state index in [0.717, 1.165) is 7.11 Å². The first-order chi connectivity index (χ1) is 10.4. The van der Waals surface area contributed by atoms with Crippen molar-refractivity contribution in [1.29, 1.82) is 0 Å². The number of methoxy groups -OCH3 is 1. The van der Waals surface area contributed by atoms with Gasteiger partial charge in [0.25, 0.3) is 0 Å². The smallest absolute Gasteiger partial charge is 0.329 e. The minimum atomic E-state index is -3.87. The molecule has 1 aromatic carbocycles. The molecule has 1 aliphatic heterocycles. The molecule has 2 amide bonds. The molecule has 0 N–H and O–H groups in total. The molecule has 0 saturated carbocycles. The Balaban J connectivity index is 2.21. The fourth-order valence-corrected chi connectivity index (χ4v) is 3.50. The van der Waals surface area contributed by atoms with Crippen LogP contribution in [0, 0.1) is 0 Å². The Morgan fingerprint density at radius 2 is 1.91 bits per heavy atom. The van der Waals surface area contributed by atoms with Crippen LogP contribution in [0.15, 0.2) is 35.2 Å². The van der Waals surface area contributed by atoms with Crippen LogP contribution in [0.1, 0.15) is 12.8 Å². The summed E-state index contributed by atoms with van der Waals surface area (Å²) < 4.78 is 28.9. The van der Waals surface area contributed by atoms with E-state index in [0.29, 0.717) is 4.90 Å². The van der Waals surface area contributed by atoms with E-state index < -0.39 is 39.4 Å². The van der Waals surface area contributed by atoms with E-state index >= 15 is 0 Å². The van der Waals surface area contributed by atoms with Gasteiger partial charge in [-0.2, -0.15) is 0 Å². The number of hydrogen-bond donors (Lipinski definition) is 0. The number of carbonyl (C=O) groups excluding carboxylic acids is 3. The number of benzene rings is 1. The third-order valence-electron chi connectivity index (χ3n) is 3.37. The van der Waals surface area contributed by atoms with Crippen molar-refractivity contribution in [1.82, 2.24) is 4.90 Å². The van der Waals surface area contributed by atoms with E-state index in [-0.39, 0.29) is 17.7 Å². The molecule has 1 atom stereocenters. The molecule has 0 bridgehead atoms. The minimum absolute atomic E-state index is 0.00962. The number of likely N-dealkylation sites (tertiary alicyclic amines) is 1. The number of nitrogens with zero attached hydrogens (tertiary/aromatic N) is 1. The van der Waals surface area contributed by atoms with E-state index in [1.54, 1.807) is 6.07 Å². The van der Waals surface area contributed by atoms with Crippen LogP contribution in [-0.4, -0.2) is 50.0 Å². The van der Waals surface area contributed by atoms with Crippen molar-refractivity contribution in [3.05, 3.63) is 30.3 Å². The van der Waals surface area contributed by atoms with E-state index in [1.807, 2.05) is 0 Å². The van der Waals surface area contributed by atoms with Crippen LogP contribution >= 0.6 is 0 Å². The molecule has 1 saturated heterocycles. The Kier molecular flexibility index (Phi) is 4.60. The molecule has 2 rings (SSSR count). The number of hydrogen-bond acceptors (Lipinski definition) is 6. The summed E-state index contributed by atoms with van der Waals surface area (Å²) in [6, 6.07) is 6.41. The molecule has 0 spiro atoms. The molecular formula is C14H15NO6S. The zero-order chi connectivity index (χ0) is 16.3. The number of ether oxygens (including phenoxy) is 1. The molecule has 7 nitrogen and oxygen atoms in total. The van der Waals surface area contributed by atoms with Gasteiger partial charge in [0.15, 0.2) is 9.84 Å². The van der Waals surface area contributed by atoms with E-state index in [2.05, 4.69) is 4.74 Å². The van der Waals surface area contributed by atoms with Crippen LogP contribution < -0.4 is 0 Å². The molecule has 0 radical (unpaired) electrons. The standard InChI is InChI=1S/C14H15NO6S/c1-21-14(18)11-7-8-12(16)15(11)13(17)9-22(19,20)10-5-3-2-4-6-10/h2-6,11H,7-9H2,1H3/t11-/m0/s1. The highest BCUT2D eigenvalue weighted by Gasteiger charge is 2.42. The van der Waals surface area contributed by atoms with Gasteiger partial charge in [-0.25, -0.2) is 13.2 Å². The first-order valence-electron chi connectivity index (χ1n) is 6.57. The summed E-state index contributed by atoms with van der Waals surface area (Å²) in [7, 11) is -2.72. The topological polar surface area (TPSA) is 97.8 Å². The molecular weight excluding hydrogens is 310 g/mol. The average molecular weight is 325 g/mol. The molecule has 22 heavy (non-hydrogen) atoms. The van der Waals surface area contributed by atoms with Gasteiger partial charge in [0.2, 0.25) is 11.8 Å². The third kappa shape index (κ3) is 3.16. The van der Waals surface area contributed by atoms with Crippen molar-refractivity contribution in [2.75, 3.05) is 12.9 Å². The minimum Gasteiger partial charge on any atom is -0.467 e. The molecule has 0 unspecified atom stereocenters. The van der Waals surface area contributed by atoms with E-state index in [1.165, 1.54) is 24.3 Å². The molecule has 0 aliphatic carbocycles. The summed E-state index contributed by atoms with van der Waals surface area (Å²) in [4.78, 5) is 36.2. The molecule has 0 aromatic heterocycles. The molecule has 1 heterocycles. The summed E-state index contributed by atoms with van der Waals surface area (Å²) in [5.74, 6) is -3.07. The maximum atomic E-state index is 12.2. The average Bonchev–Trinajstić information content (AvgIpc) is 2.89. The molecule has 118 valence electrons. The van der Waals surface area contributed by atoms with Crippen molar-refractivity contribution in [2.45, 2.75) is 23.8 Å². The van der Waals surface area contributed by atoms with E-state index in [4.69, 9.17) is 0 Å². The van der Waals surface area contributed by atoms with Gasteiger partial charge in [-0.3, -0.25) is 14.5 Å². The Morgan fingerprint density at radius 3 is 2.50 bits per heavy atom. The largest absolute Gasteiger partial charge is 0.467 e. The summed E-state index contributed by atoms with van der Waals surface area (Å²) >= 11 is 0. The van der Waals surface area contributed by atoms with Crippen LogP contribution in [-0.2, 0) is 29.0 Å². The third-order valence-corrected chi connectivity index (χ3v) is 4.99. The summed E-state index contributed by atoms with van der Waals surface area (Å²) in [5, 5.41) is 0. The van der Waals surface area contributed by atoms with Crippen molar-refractivity contribution in [3.8, 4) is 0 Å². The van der Waals surface area contributed by atoms with Crippen LogP contribution in [0.2, 0.25) is 0 Å². The number of imide groups is 1. The Hall–Kier alpha value is -2.22. The monoisotopic (exact) mass is 325 g/mol. The van der Waals surface area contributed by atoms with E-state index in [9.17, 15) is 22.8 Å². The van der Waals surface area contributed by atoms with Gasteiger partial charge in [0.05, 0.1) is 12.0 Å². The molecule has 1 fully saturated rings. The number of esters is 1. The second kappa shape index (κ2) is 6.27. The predicted molar refractivity (Wildman–Crippen MR) is 75.4 cm³/mol. The predicted octanol–water partition coefficient (Wildman–Crippen LogP) is 0.151. The highest BCUT2D eigenvalue weighted by Crippen LogP contribution is 2.21. The summed E-state index contributed by atoms with van der Waals surface area (Å²) in [6.45, 7) is 0. The summed E-state index contributed by atoms with van der Waals surface area (Å²) in [6.07, 6.45) is 0.152. The normalized spacial score (nSPS) is 18.3. The fraction of sp³-hybridized carbons (Fsp3) is 0.357. The second-order valence-electron chi connectivity index (χ2n) is 4.81. The number of rotatable bonds is 4. The first kappa shape index (κ1) is 16.2. The van der Waals surface area contributed by atoms with Crippen LogP contribution in [0.5, 0.6) is 0 Å². The number of carbonyl (C=O) groups is 3. The van der Waals surface area contributed by atoms with Crippen molar-refractivity contribution in [3.63, 3.8) is 0 Å². The Morgan fingerprint density at radius 1 is 1.27 bits per heavy atom. The fourth-order valence-electron chi connectivity index (χ4n) is 2.30. The number of sulfone groups is 1. The van der Waals surface area contributed by atoms with Crippen molar-refractivity contribution in [2.24, 2.45) is 0 Å². The van der Waals surface area contributed by atoms with Gasteiger partial charge >= 0.3 is 5.97 Å². The molecule has 8 heteroatoms. The first-order valence-corrected chi connectivity index (χ1v) is 8.22. The Labute approximate surface area is 127 Å². The second-order valence-corrected chi connectivity index (χ2v) is 6.80. The zero-order valence-corrected chi connectivity index (χ0v) is 12.7. The van der Waals surface area contributed by atoms with Gasteiger partial charge in [-0.1, -0.05) is 18.2 Å². The molecule has 1 aliphatic rings. The summed E-state index contributed by atoms with van der Waals surface area (Å²) in [5.41, 5.74) is 0. The van der Waals surface area contributed by atoms with Gasteiger partial charge in [0.1, 0.15) is 11.8 Å². The highest BCUT2D eigenvalue weighted by atomic mass is 32.2. The van der Waals surface area contributed by atoms with Gasteiger partial charge in [-0.15, -0.1) is 0 Å². The quantitative estimate of drug-likeness (QED) is 0.731. The maximum absolute atomic E-state index is 12.2. The SMILES string of the molecule is COC(=O)[C@@H]1CCC(=O)N1C(=O)CS(=O)(=O)c1ccccc1. The lowest BCUT2D eigenvalue weighted by Gasteiger charge is -2.20. The van der Waals surface area contributed by atoms with Crippen molar-refractivity contribution >= 4 is 27.6 Å². The van der Waals surface area contributed by atoms with Crippen molar-refractivity contribution < 1.29 is 27.5 Å². The zero-order valence-electron chi connectivity index (χ0n) is 11.9. The maximum Gasteiger partial charge on any atom is 0.329 e. The lowest BCUT2D eigenvalue weighted by Crippen LogP contribution is -2.45. The Bertz CT molecular complexity index is 697. The lowest BCUT2D eigenvalue weighted by atomic mass is 10.2. The molecule has 1 aromatic rings. The lowest BCUT2D eigenvalue weighted by molar-refractivity contribution is -0.154. The van der Waals surface area contributed by atoms with Crippen LogP contribution in [0.25, 0.3) is 0 Å².